The molecule has 3 nitrogen and oxygen atoms in total. The van der Waals surface area contributed by atoms with Gasteiger partial charge in [-0.2, -0.15) is 5.10 Å². The summed E-state index contributed by atoms with van der Waals surface area (Å²) in [6, 6.07) is 3.80. The summed E-state index contributed by atoms with van der Waals surface area (Å²) in [5.41, 5.74) is 0.237. The Hall–Kier alpha value is -1.56. The summed E-state index contributed by atoms with van der Waals surface area (Å²) >= 11 is 2.95. The van der Waals surface area contributed by atoms with Gasteiger partial charge in [0.1, 0.15) is 11.5 Å². The molecule has 0 N–H and O–H groups in total. The largest absolute Gasteiger partial charge is 0.287 e. The first-order valence-corrected chi connectivity index (χ1v) is 6.47. The van der Waals surface area contributed by atoms with E-state index in [1.54, 1.807) is 13.8 Å². The Balaban J connectivity index is 2.59. The van der Waals surface area contributed by atoms with Crippen LogP contribution in [0.2, 0.25) is 0 Å². The molecule has 0 saturated carbocycles. The molecule has 0 amide bonds. The second-order valence-electron chi connectivity index (χ2n) is 4.03. The average molecular weight is 329 g/mol. The number of carbonyl (C=O) groups is 1. The summed E-state index contributed by atoms with van der Waals surface area (Å²) < 4.78 is 29.1. The van der Waals surface area contributed by atoms with Crippen molar-refractivity contribution in [3.63, 3.8) is 0 Å². The average Bonchev–Trinajstić information content (AvgIpc) is 2.75. The maximum atomic E-state index is 13.9. The topological polar surface area (TPSA) is 34.9 Å². The Bertz CT molecular complexity index is 652. The third-order valence-electron chi connectivity index (χ3n) is 2.71. The molecule has 2 rings (SSSR count). The Morgan fingerprint density at radius 3 is 2.74 bits per heavy atom. The highest BCUT2D eigenvalue weighted by Gasteiger charge is 2.24. The Labute approximate surface area is 117 Å². The summed E-state index contributed by atoms with van der Waals surface area (Å²) in [6.07, 6.45) is 0. The molecule has 0 aliphatic carbocycles. The minimum atomic E-state index is -0.897. The van der Waals surface area contributed by atoms with E-state index in [1.165, 1.54) is 16.8 Å². The zero-order valence-corrected chi connectivity index (χ0v) is 12.0. The maximum absolute atomic E-state index is 13.9. The maximum Gasteiger partial charge on any atom is 0.216 e. The molecule has 0 atom stereocenters. The highest BCUT2D eigenvalue weighted by Crippen LogP contribution is 2.24. The van der Waals surface area contributed by atoms with Gasteiger partial charge in [0.25, 0.3) is 0 Å². The van der Waals surface area contributed by atoms with Gasteiger partial charge in [0.2, 0.25) is 5.78 Å². The number of carbonyl (C=O) groups excluding carboxylic acids is 1. The van der Waals surface area contributed by atoms with Gasteiger partial charge in [0.05, 0.1) is 15.7 Å². The summed E-state index contributed by atoms with van der Waals surface area (Å²) in [7, 11) is 0. The van der Waals surface area contributed by atoms with Gasteiger partial charge in [-0.1, -0.05) is 0 Å². The number of hydrogen-bond acceptors (Lipinski definition) is 2. The zero-order valence-electron chi connectivity index (χ0n) is 10.4. The zero-order chi connectivity index (χ0) is 14.2. The summed E-state index contributed by atoms with van der Waals surface area (Å²) in [5.74, 6) is -2.49. The number of hydrogen-bond donors (Lipinski definition) is 0. The molecule has 1 heterocycles. The molecule has 6 heteroatoms. The van der Waals surface area contributed by atoms with Gasteiger partial charge in [-0.05, 0) is 48.0 Å². The van der Waals surface area contributed by atoms with E-state index in [9.17, 15) is 13.6 Å². The molecule has 0 fully saturated rings. The summed E-state index contributed by atoms with van der Waals surface area (Å²) in [6.45, 7) is 3.97. The summed E-state index contributed by atoms with van der Waals surface area (Å²) in [4.78, 5) is 12.3. The molecule has 2 aromatic rings. The number of aryl methyl sites for hydroxylation is 2. The van der Waals surface area contributed by atoms with Crippen LogP contribution in [-0.2, 0) is 6.54 Å². The second kappa shape index (κ2) is 5.21. The van der Waals surface area contributed by atoms with Gasteiger partial charge in [0.15, 0.2) is 5.82 Å². The van der Waals surface area contributed by atoms with Crippen molar-refractivity contribution in [1.29, 1.82) is 0 Å². The van der Waals surface area contributed by atoms with Crippen molar-refractivity contribution in [2.24, 2.45) is 0 Å². The molecule has 0 aliphatic heterocycles. The van der Waals surface area contributed by atoms with Gasteiger partial charge < -0.3 is 0 Å². The fourth-order valence-corrected chi connectivity index (χ4v) is 2.16. The van der Waals surface area contributed by atoms with E-state index in [-0.39, 0.29) is 10.2 Å². The predicted octanol–water partition coefficient (Wildman–Crippen LogP) is 3.48. The van der Waals surface area contributed by atoms with E-state index in [1.807, 2.05) is 0 Å². The van der Waals surface area contributed by atoms with Crippen LogP contribution in [-0.4, -0.2) is 15.6 Å². The van der Waals surface area contributed by atoms with Crippen LogP contribution in [0.4, 0.5) is 8.78 Å². The van der Waals surface area contributed by atoms with E-state index in [0.717, 1.165) is 6.07 Å². The number of benzene rings is 1. The van der Waals surface area contributed by atoms with Crippen LogP contribution < -0.4 is 0 Å². The fourth-order valence-electron chi connectivity index (χ4n) is 1.83. The minimum Gasteiger partial charge on any atom is -0.287 e. The van der Waals surface area contributed by atoms with Crippen LogP contribution in [0.3, 0.4) is 0 Å². The standard InChI is InChI=1S/C13H11BrF2N2O/c1-3-18-10(6-7(2)17-18)13(19)11-9(15)5-4-8(14)12(11)16/h4-6H,3H2,1-2H3. The Morgan fingerprint density at radius 2 is 2.11 bits per heavy atom. The monoisotopic (exact) mass is 328 g/mol. The predicted molar refractivity (Wildman–Crippen MR) is 70.1 cm³/mol. The molecule has 0 radical (unpaired) electrons. The van der Waals surface area contributed by atoms with Crippen molar-refractivity contribution in [2.45, 2.75) is 20.4 Å². The van der Waals surface area contributed by atoms with Crippen LogP contribution in [0.1, 0.15) is 28.7 Å². The van der Waals surface area contributed by atoms with Gasteiger partial charge >= 0.3 is 0 Å². The number of rotatable bonds is 3. The second-order valence-corrected chi connectivity index (χ2v) is 4.89. The van der Waals surface area contributed by atoms with Crippen molar-refractivity contribution in [3.8, 4) is 0 Å². The Kier molecular flexibility index (Phi) is 3.80. The first kappa shape index (κ1) is 13.9. The summed E-state index contributed by atoms with van der Waals surface area (Å²) in [5, 5.41) is 4.10. The lowest BCUT2D eigenvalue weighted by Gasteiger charge is -2.07. The molecule has 19 heavy (non-hydrogen) atoms. The van der Waals surface area contributed by atoms with Gasteiger partial charge in [-0.3, -0.25) is 9.48 Å². The van der Waals surface area contributed by atoms with E-state index in [0.29, 0.717) is 12.2 Å². The Morgan fingerprint density at radius 1 is 1.42 bits per heavy atom. The first-order valence-electron chi connectivity index (χ1n) is 5.68. The van der Waals surface area contributed by atoms with Crippen molar-refractivity contribution in [3.05, 3.63) is 51.3 Å². The number of ketones is 1. The lowest BCUT2D eigenvalue weighted by molar-refractivity contribution is 0.102. The first-order chi connectivity index (χ1) is 8.95. The molecule has 0 unspecified atom stereocenters. The molecule has 100 valence electrons. The molecular formula is C13H11BrF2N2O. The minimum absolute atomic E-state index is 0.0523. The lowest BCUT2D eigenvalue weighted by Crippen LogP contribution is -2.14. The SMILES string of the molecule is CCn1nc(C)cc1C(=O)c1c(F)ccc(Br)c1F. The molecule has 0 bridgehead atoms. The van der Waals surface area contributed by atoms with E-state index < -0.39 is 23.0 Å². The van der Waals surface area contributed by atoms with E-state index in [2.05, 4.69) is 21.0 Å². The highest BCUT2D eigenvalue weighted by atomic mass is 79.9. The number of halogens is 3. The third kappa shape index (κ3) is 2.45. The van der Waals surface area contributed by atoms with Crippen LogP contribution in [0.5, 0.6) is 0 Å². The van der Waals surface area contributed by atoms with Crippen molar-refractivity contribution in [2.75, 3.05) is 0 Å². The molecule has 0 spiro atoms. The third-order valence-corrected chi connectivity index (χ3v) is 3.32. The van der Waals surface area contributed by atoms with E-state index >= 15 is 0 Å². The highest BCUT2D eigenvalue weighted by molar-refractivity contribution is 9.10. The fraction of sp³-hybridized carbons (Fsp3) is 0.231. The number of nitrogens with zero attached hydrogens (tertiary/aromatic N) is 2. The molecule has 0 saturated heterocycles. The normalized spacial score (nSPS) is 10.8. The van der Waals surface area contributed by atoms with E-state index in [4.69, 9.17) is 0 Å². The van der Waals surface area contributed by atoms with Crippen molar-refractivity contribution in [1.82, 2.24) is 9.78 Å². The van der Waals surface area contributed by atoms with Crippen molar-refractivity contribution < 1.29 is 13.6 Å². The quantitative estimate of drug-likeness (QED) is 0.638. The smallest absolute Gasteiger partial charge is 0.216 e. The van der Waals surface area contributed by atoms with Gasteiger partial charge in [0, 0.05) is 6.54 Å². The van der Waals surface area contributed by atoms with Crippen LogP contribution in [0.25, 0.3) is 0 Å². The van der Waals surface area contributed by atoms with Crippen LogP contribution >= 0.6 is 15.9 Å². The lowest BCUT2D eigenvalue weighted by atomic mass is 10.1. The van der Waals surface area contributed by atoms with Gasteiger partial charge in [-0.15, -0.1) is 0 Å². The van der Waals surface area contributed by atoms with Crippen molar-refractivity contribution >= 4 is 21.7 Å². The van der Waals surface area contributed by atoms with Crippen LogP contribution in [0.15, 0.2) is 22.7 Å². The molecule has 1 aromatic carbocycles. The number of aromatic nitrogens is 2. The molecule has 1 aromatic heterocycles. The van der Waals surface area contributed by atoms with Crippen LogP contribution in [0, 0.1) is 18.6 Å². The molecule has 0 aliphatic rings. The van der Waals surface area contributed by atoms with Gasteiger partial charge in [-0.25, -0.2) is 8.78 Å². The molecular weight excluding hydrogens is 318 g/mol.